The molecular formula is C9H12ClNO2. The van der Waals surface area contributed by atoms with E-state index in [1.807, 2.05) is 6.07 Å². The van der Waals surface area contributed by atoms with Crippen LogP contribution in [0.3, 0.4) is 0 Å². The van der Waals surface area contributed by atoms with Gasteiger partial charge in [-0.25, -0.2) is 4.79 Å². The standard InChI is InChI=1S/C9H11NO2.ClH/c1-6-2-3-7(5-10)4-8(6)9(11)12;/h2-4H,5,10H2,1H3,(H,11,12);1H. The molecule has 1 aromatic carbocycles. The number of rotatable bonds is 2. The molecule has 1 rings (SSSR count). The monoisotopic (exact) mass is 201 g/mol. The van der Waals surface area contributed by atoms with Crippen molar-refractivity contribution in [2.24, 2.45) is 5.73 Å². The Balaban J connectivity index is 0.00000144. The lowest BCUT2D eigenvalue weighted by Gasteiger charge is -2.02. The maximum absolute atomic E-state index is 10.6. The van der Waals surface area contributed by atoms with Crippen LogP contribution in [0.25, 0.3) is 0 Å². The molecule has 0 fully saturated rings. The van der Waals surface area contributed by atoms with E-state index in [9.17, 15) is 4.79 Å². The molecule has 0 aliphatic carbocycles. The van der Waals surface area contributed by atoms with Gasteiger partial charge in [0.05, 0.1) is 5.56 Å². The molecule has 0 saturated carbocycles. The van der Waals surface area contributed by atoms with E-state index in [1.165, 1.54) is 0 Å². The number of nitrogens with two attached hydrogens (primary N) is 1. The summed E-state index contributed by atoms with van der Waals surface area (Å²) in [6, 6.07) is 5.21. The van der Waals surface area contributed by atoms with E-state index < -0.39 is 5.97 Å². The maximum atomic E-state index is 10.6. The molecule has 1 aromatic rings. The van der Waals surface area contributed by atoms with Crippen molar-refractivity contribution in [2.45, 2.75) is 13.5 Å². The smallest absolute Gasteiger partial charge is 0.335 e. The molecule has 0 heterocycles. The fourth-order valence-corrected chi connectivity index (χ4v) is 1.03. The lowest BCUT2D eigenvalue weighted by molar-refractivity contribution is 0.0696. The average molecular weight is 202 g/mol. The molecule has 0 spiro atoms. The third-order valence-corrected chi connectivity index (χ3v) is 1.77. The number of halogens is 1. The number of carbonyl (C=O) groups is 1. The third kappa shape index (κ3) is 2.72. The zero-order valence-electron chi connectivity index (χ0n) is 7.28. The first kappa shape index (κ1) is 11.9. The number of hydrogen-bond donors (Lipinski definition) is 2. The van der Waals surface area contributed by atoms with Crippen molar-refractivity contribution in [3.8, 4) is 0 Å². The highest BCUT2D eigenvalue weighted by atomic mass is 35.5. The number of carboxylic acid groups (broad SMARTS) is 1. The summed E-state index contributed by atoms with van der Waals surface area (Å²) in [4.78, 5) is 10.6. The summed E-state index contributed by atoms with van der Waals surface area (Å²) in [6.45, 7) is 2.14. The minimum atomic E-state index is -0.900. The van der Waals surface area contributed by atoms with Crippen LogP contribution < -0.4 is 5.73 Å². The Morgan fingerprint density at radius 1 is 1.54 bits per heavy atom. The van der Waals surface area contributed by atoms with Crippen LogP contribution in [0.15, 0.2) is 18.2 Å². The average Bonchev–Trinajstić information content (AvgIpc) is 2.05. The van der Waals surface area contributed by atoms with Gasteiger partial charge in [0.2, 0.25) is 0 Å². The van der Waals surface area contributed by atoms with Crippen molar-refractivity contribution in [1.29, 1.82) is 0 Å². The van der Waals surface area contributed by atoms with Crippen LogP contribution in [0, 0.1) is 6.92 Å². The molecule has 0 bridgehead atoms. The molecular weight excluding hydrogens is 190 g/mol. The minimum absolute atomic E-state index is 0. The van der Waals surface area contributed by atoms with Gasteiger partial charge in [-0.1, -0.05) is 12.1 Å². The Morgan fingerprint density at radius 2 is 2.15 bits per heavy atom. The van der Waals surface area contributed by atoms with Crippen LogP contribution in [0.5, 0.6) is 0 Å². The fourth-order valence-electron chi connectivity index (χ4n) is 1.03. The highest BCUT2D eigenvalue weighted by molar-refractivity contribution is 5.89. The normalized spacial score (nSPS) is 9.08. The van der Waals surface area contributed by atoms with Crippen LogP contribution in [-0.2, 0) is 6.54 Å². The van der Waals surface area contributed by atoms with Gasteiger partial charge in [0.15, 0.2) is 0 Å². The van der Waals surface area contributed by atoms with Crippen molar-refractivity contribution >= 4 is 18.4 Å². The molecule has 72 valence electrons. The van der Waals surface area contributed by atoms with Gasteiger partial charge in [0.1, 0.15) is 0 Å². The summed E-state index contributed by atoms with van der Waals surface area (Å²) in [6.07, 6.45) is 0. The topological polar surface area (TPSA) is 63.3 Å². The number of hydrogen-bond acceptors (Lipinski definition) is 2. The van der Waals surface area contributed by atoms with Crippen LogP contribution in [-0.4, -0.2) is 11.1 Å². The first-order valence-corrected chi connectivity index (χ1v) is 3.68. The van der Waals surface area contributed by atoms with Crippen molar-refractivity contribution in [2.75, 3.05) is 0 Å². The summed E-state index contributed by atoms with van der Waals surface area (Å²) in [5.41, 5.74) is 7.32. The van der Waals surface area contributed by atoms with Crippen molar-refractivity contribution in [3.63, 3.8) is 0 Å². The van der Waals surface area contributed by atoms with Gasteiger partial charge in [-0.3, -0.25) is 0 Å². The molecule has 0 aliphatic heterocycles. The van der Waals surface area contributed by atoms with Crippen LogP contribution in [0.1, 0.15) is 21.5 Å². The summed E-state index contributed by atoms with van der Waals surface area (Å²) < 4.78 is 0. The van der Waals surface area contributed by atoms with Crippen molar-refractivity contribution < 1.29 is 9.90 Å². The third-order valence-electron chi connectivity index (χ3n) is 1.77. The second-order valence-corrected chi connectivity index (χ2v) is 2.66. The van der Waals surface area contributed by atoms with Crippen LogP contribution in [0.2, 0.25) is 0 Å². The Kier molecular flexibility index (Phi) is 4.45. The lowest BCUT2D eigenvalue weighted by atomic mass is 10.1. The van der Waals surface area contributed by atoms with Gasteiger partial charge in [-0.05, 0) is 24.1 Å². The molecule has 4 heteroatoms. The molecule has 0 saturated heterocycles. The number of carboxylic acids is 1. The van der Waals surface area contributed by atoms with Crippen molar-refractivity contribution in [3.05, 3.63) is 34.9 Å². The Hall–Kier alpha value is -1.06. The Bertz CT molecular complexity index is 312. The molecule has 0 unspecified atom stereocenters. The first-order valence-electron chi connectivity index (χ1n) is 3.68. The predicted octanol–water partition coefficient (Wildman–Crippen LogP) is 1.57. The van der Waals surface area contributed by atoms with Crippen LogP contribution >= 0.6 is 12.4 Å². The van der Waals surface area contributed by atoms with E-state index in [0.717, 1.165) is 11.1 Å². The minimum Gasteiger partial charge on any atom is -0.478 e. The maximum Gasteiger partial charge on any atom is 0.335 e. The molecule has 0 aliphatic rings. The number of benzene rings is 1. The van der Waals surface area contributed by atoms with Gasteiger partial charge in [0, 0.05) is 6.54 Å². The van der Waals surface area contributed by atoms with Gasteiger partial charge in [0.25, 0.3) is 0 Å². The van der Waals surface area contributed by atoms with E-state index in [-0.39, 0.29) is 12.4 Å². The van der Waals surface area contributed by atoms with Gasteiger partial charge < -0.3 is 10.8 Å². The van der Waals surface area contributed by atoms with E-state index >= 15 is 0 Å². The van der Waals surface area contributed by atoms with Gasteiger partial charge in [-0.15, -0.1) is 12.4 Å². The van der Waals surface area contributed by atoms with E-state index in [1.54, 1.807) is 19.1 Å². The quantitative estimate of drug-likeness (QED) is 0.764. The highest BCUT2D eigenvalue weighted by Gasteiger charge is 2.06. The second-order valence-electron chi connectivity index (χ2n) is 2.66. The molecule has 3 nitrogen and oxygen atoms in total. The van der Waals surface area contributed by atoms with E-state index in [0.29, 0.717) is 12.1 Å². The van der Waals surface area contributed by atoms with Crippen LogP contribution in [0.4, 0.5) is 0 Å². The Morgan fingerprint density at radius 3 is 2.62 bits per heavy atom. The Labute approximate surface area is 83.0 Å². The molecule has 3 N–H and O–H groups in total. The largest absolute Gasteiger partial charge is 0.478 e. The highest BCUT2D eigenvalue weighted by Crippen LogP contribution is 2.10. The molecule has 13 heavy (non-hydrogen) atoms. The van der Waals surface area contributed by atoms with Crippen molar-refractivity contribution in [1.82, 2.24) is 0 Å². The zero-order valence-corrected chi connectivity index (χ0v) is 8.10. The molecule has 0 aromatic heterocycles. The fraction of sp³-hybridized carbons (Fsp3) is 0.222. The van der Waals surface area contributed by atoms with E-state index in [4.69, 9.17) is 10.8 Å². The SMILES string of the molecule is Cc1ccc(CN)cc1C(=O)O.Cl. The molecule has 0 atom stereocenters. The lowest BCUT2D eigenvalue weighted by Crippen LogP contribution is -2.03. The summed E-state index contributed by atoms with van der Waals surface area (Å²) in [5, 5.41) is 8.74. The molecule has 0 radical (unpaired) electrons. The predicted molar refractivity (Wildman–Crippen MR) is 53.3 cm³/mol. The van der Waals surface area contributed by atoms with E-state index in [2.05, 4.69) is 0 Å². The summed E-state index contributed by atoms with van der Waals surface area (Å²) in [7, 11) is 0. The van der Waals surface area contributed by atoms with Gasteiger partial charge >= 0.3 is 5.97 Å². The zero-order chi connectivity index (χ0) is 9.14. The van der Waals surface area contributed by atoms with Gasteiger partial charge in [-0.2, -0.15) is 0 Å². The second kappa shape index (κ2) is 4.84. The number of aromatic carboxylic acids is 1. The molecule has 0 amide bonds. The summed E-state index contributed by atoms with van der Waals surface area (Å²) >= 11 is 0. The summed E-state index contributed by atoms with van der Waals surface area (Å²) in [5.74, 6) is -0.900. The number of aryl methyl sites for hydroxylation is 1. The first-order chi connectivity index (χ1) is 5.65.